The first-order valence-corrected chi connectivity index (χ1v) is 4.14. The van der Waals surface area contributed by atoms with Crippen LogP contribution in [0.3, 0.4) is 0 Å². The van der Waals surface area contributed by atoms with Gasteiger partial charge in [-0.15, -0.1) is 0 Å². The number of rotatable bonds is 1. The first-order valence-electron chi connectivity index (χ1n) is 3.35. The van der Waals surface area contributed by atoms with Crippen molar-refractivity contribution in [1.82, 2.24) is 0 Å². The fraction of sp³-hybridized carbons (Fsp3) is 0.250. The minimum atomic E-state index is -0.725. The lowest BCUT2D eigenvalue weighted by atomic mass is 10.1. The van der Waals surface area contributed by atoms with Crippen molar-refractivity contribution in [3.63, 3.8) is 0 Å². The molecule has 0 aromatic heterocycles. The third-order valence-corrected chi connectivity index (χ3v) is 2.56. The van der Waals surface area contributed by atoms with Gasteiger partial charge in [0.25, 0.3) is 0 Å². The molecule has 0 aliphatic heterocycles. The summed E-state index contributed by atoms with van der Waals surface area (Å²) in [4.78, 5) is 0. The first-order chi connectivity index (χ1) is 5.57. The minimum absolute atomic E-state index is 0.224. The van der Waals surface area contributed by atoms with E-state index in [0.29, 0.717) is 10.0 Å². The van der Waals surface area contributed by atoms with Crippen LogP contribution < -0.4 is 0 Å². The third kappa shape index (κ3) is 1.44. The monoisotopic (exact) mass is 234 g/mol. The summed E-state index contributed by atoms with van der Waals surface area (Å²) < 4.78 is 13.4. The summed E-state index contributed by atoms with van der Waals surface area (Å²) in [5.74, 6) is -1.20. The van der Waals surface area contributed by atoms with Crippen LogP contribution in [0.25, 0.3) is 0 Å². The van der Waals surface area contributed by atoms with Crippen molar-refractivity contribution in [2.45, 2.75) is 13.5 Å². The summed E-state index contributed by atoms with van der Waals surface area (Å²) in [7, 11) is 0. The van der Waals surface area contributed by atoms with Crippen LogP contribution in [0.4, 0.5) is 4.39 Å². The van der Waals surface area contributed by atoms with Gasteiger partial charge in [0.15, 0.2) is 11.6 Å². The van der Waals surface area contributed by atoms with Gasteiger partial charge in [-0.05, 0) is 18.6 Å². The molecule has 0 aliphatic carbocycles. The average Bonchev–Trinajstić information content (AvgIpc) is 2.02. The second-order valence-corrected chi connectivity index (χ2v) is 3.30. The molecule has 0 bridgehead atoms. The topological polar surface area (TPSA) is 40.5 Å². The SMILES string of the molecule is Cc1c(Br)cc(F)c(O)c1CO. The van der Waals surface area contributed by atoms with Gasteiger partial charge in [0, 0.05) is 10.0 Å². The molecule has 2 nitrogen and oxygen atoms in total. The molecule has 1 aromatic carbocycles. The van der Waals surface area contributed by atoms with Crippen molar-refractivity contribution in [3.8, 4) is 5.75 Å². The zero-order chi connectivity index (χ0) is 9.30. The Morgan fingerprint density at radius 1 is 1.58 bits per heavy atom. The van der Waals surface area contributed by atoms with Crippen LogP contribution in [-0.2, 0) is 6.61 Å². The Hall–Kier alpha value is -0.610. The zero-order valence-corrected chi connectivity index (χ0v) is 8.02. The lowest BCUT2D eigenvalue weighted by Gasteiger charge is -2.07. The molecule has 4 heteroatoms. The molecule has 0 amide bonds. The van der Waals surface area contributed by atoms with E-state index in [9.17, 15) is 4.39 Å². The maximum absolute atomic E-state index is 12.8. The predicted molar refractivity (Wildman–Crippen MR) is 46.4 cm³/mol. The average molecular weight is 235 g/mol. The lowest BCUT2D eigenvalue weighted by Crippen LogP contribution is -1.93. The number of aliphatic hydroxyl groups excluding tert-OH is 1. The van der Waals surface area contributed by atoms with Crippen LogP contribution in [0.15, 0.2) is 10.5 Å². The maximum Gasteiger partial charge on any atom is 0.166 e. The highest BCUT2D eigenvalue weighted by atomic mass is 79.9. The summed E-state index contributed by atoms with van der Waals surface area (Å²) in [5.41, 5.74) is 0.873. The van der Waals surface area contributed by atoms with Crippen LogP contribution in [-0.4, -0.2) is 10.2 Å². The van der Waals surface area contributed by atoms with Gasteiger partial charge in [0.2, 0.25) is 0 Å². The van der Waals surface area contributed by atoms with Crippen LogP contribution in [0.5, 0.6) is 5.75 Å². The summed E-state index contributed by atoms with van der Waals surface area (Å²) in [6.45, 7) is 1.32. The Kier molecular flexibility index (Phi) is 2.69. The first kappa shape index (κ1) is 9.48. The van der Waals surface area contributed by atoms with Gasteiger partial charge < -0.3 is 10.2 Å². The van der Waals surface area contributed by atoms with E-state index in [4.69, 9.17) is 10.2 Å². The molecule has 0 aliphatic rings. The Bertz CT molecular complexity index is 286. The van der Waals surface area contributed by atoms with E-state index in [1.165, 1.54) is 6.07 Å². The Morgan fingerprint density at radius 2 is 2.17 bits per heavy atom. The number of benzene rings is 1. The Balaban J connectivity index is 3.42. The molecule has 0 unspecified atom stereocenters. The van der Waals surface area contributed by atoms with E-state index in [-0.39, 0.29) is 12.2 Å². The highest BCUT2D eigenvalue weighted by molar-refractivity contribution is 9.10. The highest BCUT2D eigenvalue weighted by Gasteiger charge is 2.12. The summed E-state index contributed by atoms with van der Waals surface area (Å²) in [6.07, 6.45) is 0. The standard InChI is InChI=1S/C8H8BrFO2/c1-4-5(3-11)8(12)7(10)2-6(4)9/h2,11-12H,3H2,1H3. The van der Waals surface area contributed by atoms with E-state index in [0.717, 1.165) is 0 Å². The molecule has 0 spiro atoms. The fourth-order valence-electron chi connectivity index (χ4n) is 0.947. The third-order valence-electron chi connectivity index (χ3n) is 1.73. The van der Waals surface area contributed by atoms with Crippen molar-refractivity contribution in [3.05, 3.63) is 27.5 Å². The molecule has 1 aromatic rings. The van der Waals surface area contributed by atoms with E-state index in [2.05, 4.69) is 15.9 Å². The summed E-state index contributed by atoms with van der Waals surface area (Å²) in [5, 5.41) is 17.9. The molecule has 0 atom stereocenters. The quantitative estimate of drug-likeness (QED) is 0.782. The number of aromatic hydroxyl groups is 1. The fourth-order valence-corrected chi connectivity index (χ4v) is 1.39. The molecular formula is C8H8BrFO2. The van der Waals surface area contributed by atoms with Crippen LogP contribution in [0.2, 0.25) is 0 Å². The molecule has 0 heterocycles. The van der Waals surface area contributed by atoms with Crippen molar-refractivity contribution >= 4 is 15.9 Å². The maximum atomic E-state index is 12.8. The molecule has 0 fully saturated rings. The van der Waals surface area contributed by atoms with Crippen molar-refractivity contribution < 1.29 is 14.6 Å². The van der Waals surface area contributed by atoms with E-state index in [1.54, 1.807) is 6.92 Å². The van der Waals surface area contributed by atoms with E-state index >= 15 is 0 Å². The smallest absolute Gasteiger partial charge is 0.166 e. The summed E-state index contributed by atoms with van der Waals surface area (Å²) >= 11 is 3.11. The van der Waals surface area contributed by atoms with E-state index < -0.39 is 11.6 Å². The highest BCUT2D eigenvalue weighted by Crippen LogP contribution is 2.30. The molecule has 66 valence electrons. The molecule has 0 saturated heterocycles. The van der Waals surface area contributed by atoms with Crippen LogP contribution >= 0.6 is 15.9 Å². The molecular weight excluding hydrogens is 227 g/mol. The van der Waals surface area contributed by atoms with Gasteiger partial charge in [-0.1, -0.05) is 15.9 Å². The van der Waals surface area contributed by atoms with E-state index in [1.807, 2.05) is 0 Å². The number of hydrogen-bond acceptors (Lipinski definition) is 2. The molecule has 1 rings (SSSR count). The Labute approximate surface area is 77.8 Å². The predicted octanol–water partition coefficient (Wildman–Crippen LogP) is 2.09. The van der Waals surface area contributed by atoms with Gasteiger partial charge in [-0.2, -0.15) is 0 Å². The molecule has 0 radical (unpaired) electrons. The second-order valence-electron chi connectivity index (χ2n) is 2.45. The van der Waals surface area contributed by atoms with Gasteiger partial charge in [-0.3, -0.25) is 0 Å². The lowest BCUT2D eigenvalue weighted by molar-refractivity contribution is 0.272. The van der Waals surface area contributed by atoms with Gasteiger partial charge in [-0.25, -0.2) is 4.39 Å². The minimum Gasteiger partial charge on any atom is -0.505 e. The van der Waals surface area contributed by atoms with Crippen molar-refractivity contribution in [2.75, 3.05) is 0 Å². The number of aliphatic hydroxyl groups is 1. The summed E-state index contributed by atoms with van der Waals surface area (Å²) in [6, 6.07) is 1.17. The molecule has 0 saturated carbocycles. The van der Waals surface area contributed by atoms with Crippen molar-refractivity contribution in [2.24, 2.45) is 0 Å². The van der Waals surface area contributed by atoms with Gasteiger partial charge in [0.1, 0.15) is 0 Å². The molecule has 12 heavy (non-hydrogen) atoms. The number of hydrogen-bond donors (Lipinski definition) is 2. The zero-order valence-electron chi connectivity index (χ0n) is 6.43. The van der Waals surface area contributed by atoms with Gasteiger partial charge in [0.05, 0.1) is 6.61 Å². The van der Waals surface area contributed by atoms with Crippen LogP contribution in [0, 0.1) is 12.7 Å². The largest absolute Gasteiger partial charge is 0.505 e. The number of halogens is 2. The number of phenols is 1. The Morgan fingerprint density at radius 3 is 2.67 bits per heavy atom. The normalized spacial score (nSPS) is 10.3. The van der Waals surface area contributed by atoms with Crippen LogP contribution in [0.1, 0.15) is 11.1 Å². The second kappa shape index (κ2) is 3.41. The molecule has 2 N–H and O–H groups in total. The van der Waals surface area contributed by atoms with Gasteiger partial charge >= 0.3 is 0 Å². The van der Waals surface area contributed by atoms with Crippen molar-refractivity contribution in [1.29, 1.82) is 0 Å².